The number of carboxylic acids is 1. The summed E-state index contributed by atoms with van der Waals surface area (Å²) in [6.07, 6.45) is 4.19. The van der Waals surface area contributed by atoms with Crippen LogP contribution in [0.4, 0.5) is 0 Å². The number of likely N-dealkylation sites (tertiary alicyclic amines) is 1. The van der Waals surface area contributed by atoms with Gasteiger partial charge in [0.1, 0.15) is 6.10 Å². The average molecular weight is 241 g/mol. The molecule has 1 N–H and O–H groups in total. The van der Waals surface area contributed by atoms with Crippen molar-refractivity contribution in [1.29, 1.82) is 0 Å². The maximum Gasteiger partial charge on any atom is 0.305 e. The molecule has 0 aliphatic carbocycles. The van der Waals surface area contributed by atoms with Crippen molar-refractivity contribution in [2.75, 3.05) is 13.2 Å². The Bertz CT molecular complexity index is 299. The molecule has 1 unspecified atom stereocenters. The van der Waals surface area contributed by atoms with E-state index in [1.807, 2.05) is 0 Å². The van der Waals surface area contributed by atoms with Crippen LogP contribution in [-0.4, -0.2) is 47.2 Å². The molecule has 0 saturated carbocycles. The maximum atomic E-state index is 12.2. The van der Waals surface area contributed by atoms with E-state index < -0.39 is 5.97 Å². The number of hydrogen-bond donors (Lipinski definition) is 1. The third-order valence-electron chi connectivity index (χ3n) is 3.53. The summed E-state index contributed by atoms with van der Waals surface area (Å²) in [7, 11) is 0. The number of carbonyl (C=O) groups excluding carboxylic acids is 1. The lowest BCUT2D eigenvalue weighted by Crippen LogP contribution is -2.48. The number of carboxylic acid groups (broad SMARTS) is 1. The van der Waals surface area contributed by atoms with Crippen molar-refractivity contribution < 1.29 is 19.4 Å². The van der Waals surface area contributed by atoms with Crippen LogP contribution < -0.4 is 0 Å². The third kappa shape index (κ3) is 2.97. The first-order valence-electron chi connectivity index (χ1n) is 6.32. The number of hydrogen-bond acceptors (Lipinski definition) is 3. The first-order chi connectivity index (χ1) is 8.18. The number of piperidine rings is 1. The van der Waals surface area contributed by atoms with Gasteiger partial charge in [-0.15, -0.1) is 0 Å². The second-order valence-corrected chi connectivity index (χ2v) is 4.78. The Morgan fingerprint density at radius 2 is 2.06 bits per heavy atom. The fraction of sp³-hybridized carbons (Fsp3) is 0.833. The molecule has 0 bridgehead atoms. The molecule has 0 aromatic carbocycles. The minimum absolute atomic E-state index is 0.00606. The van der Waals surface area contributed by atoms with E-state index in [0.29, 0.717) is 13.2 Å². The van der Waals surface area contributed by atoms with Gasteiger partial charge in [0.15, 0.2) is 0 Å². The van der Waals surface area contributed by atoms with Gasteiger partial charge in [-0.25, -0.2) is 0 Å². The second-order valence-electron chi connectivity index (χ2n) is 4.78. The Labute approximate surface area is 101 Å². The molecular weight excluding hydrogens is 222 g/mol. The fourth-order valence-corrected chi connectivity index (χ4v) is 2.66. The summed E-state index contributed by atoms with van der Waals surface area (Å²) in [4.78, 5) is 24.7. The predicted octanol–water partition coefficient (Wildman–Crippen LogP) is 1.02. The van der Waals surface area contributed by atoms with E-state index in [1.54, 1.807) is 4.90 Å². The molecule has 2 rings (SSSR count). The van der Waals surface area contributed by atoms with Gasteiger partial charge in [0, 0.05) is 19.2 Å². The van der Waals surface area contributed by atoms with Gasteiger partial charge in [0.25, 0.3) is 5.91 Å². The minimum atomic E-state index is -0.831. The second kappa shape index (κ2) is 5.49. The van der Waals surface area contributed by atoms with Crippen LogP contribution in [0.1, 0.15) is 38.5 Å². The van der Waals surface area contributed by atoms with Crippen molar-refractivity contribution >= 4 is 11.9 Å². The fourth-order valence-electron chi connectivity index (χ4n) is 2.66. The number of aliphatic carboxylic acids is 1. The Kier molecular flexibility index (Phi) is 3.99. The van der Waals surface area contributed by atoms with E-state index in [9.17, 15) is 9.59 Å². The predicted molar refractivity (Wildman–Crippen MR) is 60.6 cm³/mol. The van der Waals surface area contributed by atoms with Crippen LogP contribution in [0.2, 0.25) is 0 Å². The summed E-state index contributed by atoms with van der Waals surface area (Å²) < 4.78 is 5.38. The molecule has 2 saturated heterocycles. The van der Waals surface area contributed by atoms with E-state index in [2.05, 4.69) is 0 Å². The van der Waals surface area contributed by atoms with E-state index >= 15 is 0 Å². The molecule has 0 aromatic rings. The highest BCUT2D eigenvalue weighted by molar-refractivity contribution is 5.82. The molecule has 0 spiro atoms. The maximum absolute atomic E-state index is 12.2. The van der Waals surface area contributed by atoms with Gasteiger partial charge in [0.2, 0.25) is 0 Å². The molecule has 0 radical (unpaired) electrons. The normalized spacial score (nSPS) is 29.3. The van der Waals surface area contributed by atoms with E-state index in [4.69, 9.17) is 9.84 Å². The van der Waals surface area contributed by atoms with Crippen LogP contribution in [0.3, 0.4) is 0 Å². The summed E-state index contributed by atoms with van der Waals surface area (Å²) in [6, 6.07) is -0.141. The number of ether oxygens (including phenoxy) is 1. The zero-order chi connectivity index (χ0) is 12.3. The zero-order valence-electron chi connectivity index (χ0n) is 9.93. The molecule has 5 heteroatoms. The number of amides is 1. The van der Waals surface area contributed by atoms with Gasteiger partial charge in [-0.3, -0.25) is 9.59 Å². The van der Waals surface area contributed by atoms with Crippen molar-refractivity contribution in [2.24, 2.45) is 0 Å². The Morgan fingerprint density at radius 1 is 1.24 bits per heavy atom. The molecule has 2 aliphatic heterocycles. The highest BCUT2D eigenvalue weighted by Crippen LogP contribution is 2.23. The lowest BCUT2D eigenvalue weighted by Gasteiger charge is -2.36. The van der Waals surface area contributed by atoms with Crippen molar-refractivity contribution in [2.45, 2.75) is 50.7 Å². The average Bonchev–Trinajstić information content (AvgIpc) is 2.81. The Hall–Kier alpha value is -1.10. The molecule has 2 aliphatic rings. The highest BCUT2D eigenvalue weighted by atomic mass is 16.5. The highest BCUT2D eigenvalue weighted by Gasteiger charge is 2.34. The number of nitrogens with zero attached hydrogens (tertiary/aromatic N) is 1. The number of rotatable bonds is 3. The standard InChI is InChI=1S/C12H19NO4/c14-11(15)8-9-4-1-2-6-13(9)12(16)10-5-3-7-17-10/h9-10H,1-8H2,(H,14,15)/t9?,10-/m1/s1. The van der Waals surface area contributed by atoms with Gasteiger partial charge in [0.05, 0.1) is 6.42 Å². The first kappa shape index (κ1) is 12.4. The summed E-state index contributed by atoms with van der Waals surface area (Å²) >= 11 is 0. The van der Waals surface area contributed by atoms with Crippen molar-refractivity contribution in [3.05, 3.63) is 0 Å². The molecule has 2 fully saturated rings. The Morgan fingerprint density at radius 3 is 2.71 bits per heavy atom. The topological polar surface area (TPSA) is 66.8 Å². The monoisotopic (exact) mass is 241 g/mol. The smallest absolute Gasteiger partial charge is 0.305 e. The van der Waals surface area contributed by atoms with Crippen LogP contribution in [0.25, 0.3) is 0 Å². The van der Waals surface area contributed by atoms with Crippen molar-refractivity contribution in [1.82, 2.24) is 4.90 Å². The molecule has 17 heavy (non-hydrogen) atoms. The third-order valence-corrected chi connectivity index (χ3v) is 3.53. The van der Waals surface area contributed by atoms with Crippen LogP contribution in [0, 0.1) is 0 Å². The SMILES string of the molecule is O=C(O)CC1CCCCN1C(=O)[C@H]1CCCO1. The van der Waals surface area contributed by atoms with Gasteiger partial charge in [-0.1, -0.05) is 0 Å². The van der Waals surface area contributed by atoms with Gasteiger partial charge < -0.3 is 14.7 Å². The molecule has 2 heterocycles. The van der Waals surface area contributed by atoms with Gasteiger partial charge in [-0.2, -0.15) is 0 Å². The lowest BCUT2D eigenvalue weighted by molar-refractivity contribution is -0.147. The minimum Gasteiger partial charge on any atom is -0.481 e. The largest absolute Gasteiger partial charge is 0.481 e. The van der Waals surface area contributed by atoms with Crippen molar-refractivity contribution in [3.8, 4) is 0 Å². The molecule has 5 nitrogen and oxygen atoms in total. The van der Waals surface area contributed by atoms with Gasteiger partial charge >= 0.3 is 5.97 Å². The molecule has 0 aromatic heterocycles. The molecular formula is C12H19NO4. The molecule has 96 valence electrons. The van der Waals surface area contributed by atoms with E-state index in [-0.39, 0.29) is 24.5 Å². The zero-order valence-corrected chi connectivity index (χ0v) is 9.93. The van der Waals surface area contributed by atoms with Crippen LogP contribution in [0.5, 0.6) is 0 Å². The number of carbonyl (C=O) groups is 2. The van der Waals surface area contributed by atoms with E-state index in [0.717, 1.165) is 32.1 Å². The van der Waals surface area contributed by atoms with Crippen LogP contribution in [0.15, 0.2) is 0 Å². The van der Waals surface area contributed by atoms with Crippen LogP contribution >= 0.6 is 0 Å². The van der Waals surface area contributed by atoms with Crippen LogP contribution in [-0.2, 0) is 14.3 Å². The first-order valence-corrected chi connectivity index (χ1v) is 6.32. The van der Waals surface area contributed by atoms with E-state index in [1.165, 1.54) is 0 Å². The lowest BCUT2D eigenvalue weighted by atomic mass is 9.98. The molecule has 2 atom stereocenters. The summed E-state index contributed by atoms with van der Waals surface area (Å²) in [5, 5.41) is 8.86. The van der Waals surface area contributed by atoms with Gasteiger partial charge in [-0.05, 0) is 32.1 Å². The Balaban J connectivity index is 1.99. The van der Waals surface area contributed by atoms with Crippen molar-refractivity contribution in [3.63, 3.8) is 0 Å². The molecule has 1 amide bonds. The summed E-state index contributed by atoms with van der Waals surface area (Å²) in [5.74, 6) is -0.838. The summed E-state index contributed by atoms with van der Waals surface area (Å²) in [6.45, 7) is 1.32. The summed E-state index contributed by atoms with van der Waals surface area (Å²) in [5.41, 5.74) is 0. The quantitative estimate of drug-likeness (QED) is 0.801.